The zero-order valence-electron chi connectivity index (χ0n) is 13.7. The van der Waals surface area contributed by atoms with E-state index in [-0.39, 0.29) is 12.3 Å². The van der Waals surface area contributed by atoms with Gasteiger partial charge in [-0.15, -0.1) is 0 Å². The molecule has 1 amide bonds. The van der Waals surface area contributed by atoms with E-state index >= 15 is 0 Å². The molecule has 1 fully saturated rings. The van der Waals surface area contributed by atoms with Crippen LogP contribution >= 0.6 is 0 Å². The summed E-state index contributed by atoms with van der Waals surface area (Å²) >= 11 is 0. The Hall–Kier alpha value is -2.96. The first-order chi connectivity index (χ1) is 12.2. The Labute approximate surface area is 145 Å². The molecule has 2 aromatic rings. The van der Waals surface area contributed by atoms with Crippen LogP contribution in [-0.4, -0.2) is 44.9 Å². The van der Waals surface area contributed by atoms with E-state index in [9.17, 15) is 14.7 Å². The SMILES string of the molecule is O=C(O)[C@H]1CCC(=O)N(CCNc2ncccn2)[C@@H]1c1ccccc1. The minimum atomic E-state index is -0.870. The van der Waals surface area contributed by atoms with Crippen LogP contribution in [0, 0.1) is 5.92 Å². The minimum absolute atomic E-state index is 0.0258. The van der Waals surface area contributed by atoms with Crippen LogP contribution in [0.5, 0.6) is 0 Å². The fraction of sp³-hybridized carbons (Fsp3) is 0.333. The van der Waals surface area contributed by atoms with Crippen LogP contribution in [0.15, 0.2) is 48.8 Å². The highest BCUT2D eigenvalue weighted by Gasteiger charge is 2.40. The van der Waals surface area contributed by atoms with Gasteiger partial charge in [0.15, 0.2) is 0 Å². The zero-order valence-corrected chi connectivity index (χ0v) is 13.7. The monoisotopic (exact) mass is 340 g/mol. The fourth-order valence-corrected chi connectivity index (χ4v) is 3.22. The molecule has 1 aliphatic rings. The van der Waals surface area contributed by atoms with E-state index in [1.54, 1.807) is 23.4 Å². The molecular weight excluding hydrogens is 320 g/mol. The molecule has 7 heteroatoms. The van der Waals surface area contributed by atoms with Crippen molar-refractivity contribution in [3.63, 3.8) is 0 Å². The highest BCUT2D eigenvalue weighted by Crippen LogP contribution is 2.36. The maximum atomic E-state index is 12.5. The van der Waals surface area contributed by atoms with Crippen molar-refractivity contribution in [1.29, 1.82) is 0 Å². The second-order valence-corrected chi connectivity index (χ2v) is 5.93. The van der Waals surface area contributed by atoms with E-state index in [4.69, 9.17) is 0 Å². The van der Waals surface area contributed by atoms with E-state index in [1.165, 1.54) is 0 Å². The number of nitrogens with one attached hydrogen (secondary N) is 1. The van der Waals surface area contributed by atoms with Crippen molar-refractivity contribution in [3.8, 4) is 0 Å². The normalized spacial score (nSPS) is 20.3. The molecule has 3 rings (SSSR count). The molecule has 25 heavy (non-hydrogen) atoms. The number of amides is 1. The number of nitrogens with zero attached hydrogens (tertiary/aromatic N) is 3. The number of carbonyl (C=O) groups is 2. The van der Waals surface area contributed by atoms with Crippen LogP contribution in [0.4, 0.5) is 5.95 Å². The first-order valence-electron chi connectivity index (χ1n) is 8.25. The number of aromatic nitrogens is 2. The van der Waals surface area contributed by atoms with E-state index in [0.717, 1.165) is 5.56 Å². The van der Waals surface area contributed by atoms with Crippen molar-refractivity contribution in [3.05, 3.63) is 54.4 Å². The number of hydrogen-bond donors (Lipinski definition) is 2. The number of hydrogen-bond acceptors (Lipinski definition) is 5. The Bertz CT molecular complexity index is 724. The maximum Gasteiger partial charge on any atom is 0.308 e. The van der Waals surface area contributed by atoms with Crippen molar-refractivity contribution in [2.24, 2.45) is 5.92 Å². The van der Waals surface area contributed by atoms with Gasteiger partial charge in [0.25, 0.3) is 0 Å². The van der Waals surface area contributed by atoms with Gasteiger partial charge in [-0.2, -0.15) is 0 Å². The summed E-state index contributed by atoms with van der Waals surface area (Å²) in [6.07, 6.45) is 3.88. The molecule has 2 atom stereocenters. The maximum absolute atomic E-state index is 12.5. The first kappa shape index (κ1) is 16.9. The van der Waals surface area contributed by atoms with Gasteiger partial charge < -0.3 is 15.3 Å². The van der Waals surface area contributed by atoms with Crippen LogP contribution < -0.4 is 5.32 Å². The number of aliphatic carboxylic acids is 1. The topological polar surface area (TPSA) is 95.4 Å². The van der Waals surface area contributed by atoms with Crippen LogP contribution in [0.2, 0.25) is 0 Å². The third kappa shape index (κ3) is 3.93. The van der Waals surface area contributed by atoms with E-state index < -0.39 is 17.9 Å². The van der Waals surface area contributed by atoms with Crippen LogP contribution in [0.25, 0.3) is 0 Å². The standard InChI is InChI=1S/C18H20N4O3/c23-15-8-7-14(17(24)25)16(13-5-2-1-3-6-13)22(15)12-11-21-18-19-9-4-10-20-18/h1-6,9-10,14,16H,7-8,11-12H2,(H,24,25)(H,19,20,21)/t14-,16+/m0/s1. The predicted molar refractivity (Wildman–Crippen MR) is 91.8 cm³/mol. The van der Waals surface area contributed by atoms with Gasteiger partial charge in [-0.05, 0) is 18.1 Å². The lowest BCUT2D eigenvalue weighted by Gasteiger charge is -2.39. The van der Waals surface area contributed by atoms with Gasteiger partial charge in [0.2, 0.25) is 11.9 Å². The van der Waals surface area contributed by atoms with Gasteiger partial charge in [0, 0.05) is 31.9 Å². The lowest BCUT2D eigenvalue weighted by Crippen LogP contribution is -2.47. The predicted octanol–water partition coefficient (Wildman–Crippen LogP) is 1.95. The van der Waals surface area contributed by atoms with Gasteiger partial charge in [0.05, 0.1) is 12.0 Å². The first-order valence-corrected chi connectivity index (χ1v) is 8.25. The summed E-state index contributed by atoms with van der Waals surface area (Å²) in [4.78, 5) is 34.0. The van der Waals surface area contributed by atoms with Crippen molar-refractivity contribution < 1.29 is 14.7 Å². The fourth-order valence-electron chi connectivity index (χ4n) is 3.22. The number of carboxylic acid groups (broad SMARTS) is 1. The average molecular weight is 340 g/mol. The molecule has 2 heterocycles. The second-order valence-electron chi connectivity index (χ2n) is 5.93. The smallest absolute Gasteiger partial charge is 0.308 e. The van der Waals surface area contributed by atoms with E-state index in [1.807, 2.05) is 30.3 Å². The number of benzene rings is 1. The Morgan fingerprint density at radius 3 is 2.60 bits per heavy atom. The van der Waals surface area contributed by atoms with Gasteiger partial charge in [0.1, 0.15) is 0 Å². The summed E-state index contributed by atoms with van der Waals surface area (Å²) < 4.78 is 0. The van der Waals surface area contributed by atoms with Crippen LogP contribution in [0.1, 0.15) is 24.4 Å². The zero-order chi connectivity index (χ0) is 17.6. The lowest BCUT2D eigenvalue weighted by atomic mass is 9.84. The van der Waals surface area contributed by atoms with E-state index in [2.05, 4.69) is 15.3 Å². The van der Waals surface area contributed by atoms with E-state index in [0.29, 0.717) is 25.5 Å². The van der Waals surface area contributed by atoms with Crippen LogP contribution in [0.3, 0.4) is 0 Å². The number of rotatable bonds is 6. The molecule has 0 bridgehead atoms. The van der Waals surface area contributed by atoms with Crippen molar-refractivity contribution in [1.82, 2.24) is 14.9 Å². The summed E-state index contributed by atoms with van der Waals surface area (Å²) in [5.41, 5.74) is 0.846. The van der Waals surface area contributed by atoms with Crippen molar-refractivity contribution in [2.45, 2.75) is 18.9 Å². The molecule has 0 saturated carbocycles. The Balaban J connectivity index is 1.77. The highest BCUT2D eigenvalue weighted by atomic mass is 16.4. The molecule has 1 aromatic carbocycles. The number of piperidine rings is 1. The van der Waals surface area contributed by atoms with Crippen molar-refractivity contribution >= 4 is 17.8 Å². The molecular formula is C18H20N4O3. The average Bonchev–Trinajstić information content (AvgIpc) is 2.64. The lowest BCUT2D eigenvalue weighted by molar-refractivity contribution is -0.151. The molecule has 1 aromatic heterocycles. The molecule has 0 aliphatic carbocycles. The largest absolute Gasteiger partial charge is 0.481 e. The molecule has 0 radical (unpaired) electrons. The number of carbonyl (C=O) groups excluding carboxylic acids is 1. The molecule has 7 nitrogen and oxygen atoms in total. The summed E-state index contributed by atoms with van der Waals surface area (Å²) in [5, 5.41) is 12.7. The van der Waals surface area contributed by atoms with Gasteiger partial charge in [-0.25, -0.2) is 9.97 Å². The quantitative estimate of drug-likeness (QED) is 0.834. The number of carboxylic acids is 1. The molecule has 0 unspecified atom stereocenters. The molecule has 130 valence electrons. The molecule has 1 saturated heterocycles. The highest BCUT2D eigenvalue weighted by molar-refractivity contribution is 5.81. The summed E-state index contributed by atoms with van der Waals surface area (Å²) in [5.74, 6) is -1.01. The Morgan fingerprint density at radius 2 is 1.92 bits per heavy atom. The molecule has 0 spiro atoms. The van der Waals surface area contributed by atoms with Gasteiger partial charge in [-0.1, -0.05) is 30.3 Å². The molecule has 2 N–H and O–H groups in total. The third-order valence-corrected chi connectivity index (χ3v) is 4.37. The minimum Gasteiger partial charge on any atom is -0.481 e. The number of anilines is 1. The Morgan fingerprint density at radius 1 is 1.20 bits per heavy atom. The van der Waals surface area contributed by atoms with Crippen LogP contribution in [-0.2, 0) is 9.59 Å². The number of likely N-dealkylation sites (tertiary alicyclic amines) is 1. The molecule has 1 aliphatic heterocycles. The third-order valence-electron chi connectivity index (χ3n) is 4.37. The second kappa shape index (κ2) is 7.74. The summed E-state index contributed by atoms with van der Waals surface area (Å²) in [6, 6.07) is 10.6. The van der Waals surface area contributed by atoms with Crippen molar-refractivity contribution in [2.75, 3.05) is 18.4 Å². The summed E-state index contributed by atoms with van der Waals surface area (Å²) in [7, 11) is 0. The summed E-state index contributed by atoms with van der Waals surface area (Å²) in [6.45, 7) is 0.839. The Kier molecular flexibility index (Phi) is 5.23. The van der Waals surface area contributed by atoms with Gasteiger partial charge >= 0.3 is 5.97 Å². The van der Waals surface area contributed by atoms with Gasteiger partial charge in [-0.3, -0.25) is 9.59 Å².